The Balaban J connectivity index is 2.24. The molecule has 0 bridgehead atoms. The molecule has 0 unspecified atom stereocenters. The van der Waals surface area contributed by atoms with Crippen LogP contribution in [0.5, 0.6) is 11.8 Å². The highest BCUT2D eigenvalue weighted by Crippen LogP contribution is 2.23. The van der Waals surface area contributed by atoms with Crippen LogP contribution in [0.3, 0.4) is 0 Å². The van der Waals surface area contributed by atoms with Crippen LogP contribution in [-0.2, 0) is 4.79 Å². The van der Waals surface area contributed by atoms with Crippen LogP contribution in [0.4, 0.5) is 5.69 Å². The number of rotatable bonds is 4. The second-order valence-corrected chi connectivity index (χ2v) is 4.37. The lowest BCUT2D eigenvalue weighted by Gasteiger charge is -2.11. The van der Waals surface area contributed by atoms with Crippen molar-refractivity contribution in [3.8, 4) is 11.8 Å². The molecule has 5 heteroatoms. The second kappa shape index (κ2) is 6.14. The Kier molecular flexibility index (Phi) is 4.30. The van der Waals surface area contributed by atoms with E-state index in [1.165, 1.54) is 0 Å². The zero-order chi connectivity index (χ0) is 14.5. The molecule has 20 heavy (non-hydrogen) atoms. The molecule has 5 nitrogen and oxygen atoms in total. The number of nitrogens with one attached hydrogen (secondary N) is 1. The topological polar surface area (TPSA) is 64.1 Å². The summed E-state index contributed by atoms with van der Waals surface area (Å²) < 4.78 is 5.59. The molecule has 104 valence electrons. The summed E-state index contributed by atoms with van der Waals surface area (Å²) in [5.41, 5.74) is 2.02. The highest BCUT2D eigenvalue weighted by molar-refractivity contribution is 5.91. The molecule has 0 aliphatic heterocycles. The van der Waals surface area contributed by atoms with Crippen molar-refractivity contribution in [1.82, 2.24) is 9.97 Å². The Hall–Kier alpha value is -2.43. The van der Waals surface area contributed by atoms with Gasteiger partial charge in [-0.05, 0) is 26.0 Å². The third-order valence-corrected chi connectivity index (χ3v) is 2.79. The second-order valence-electron chi connectivity index (χ2n) is 4.37. The lowest BCUT2D eigenvalue weighted by Crippen LogP contribution is -2.13. The molecule has 0 saturated carbocycles. The zero-order valence-electron chi connectivity index (χ0n) is 11.8. The van der Waals surface area contributed by atoms with E-state index in [1.807, 2.05) is 44.2 Å². The predicted molar refractivity (Wildman–Crippen MR) is 76.9 cm³/mol. The summed E-state index contributed by atoms with van der Waals surface area (Å²) in [6, 6.07) is 9.62. The van der Waals surface area contributed by atoms with Gasteiger partial charge < -0.3 is 10.1 Å². The van der Waals surface area contributed by atoms with Gasteiger partial charge in [0.1, 0.15) is 5.75 Å². The zero-order valence-corrected chi connectivity index (χ0v) is 11.8. The molecule has 0 fully saturated rings. The monoisotopic (exact) mass is 271 g/mol. The predicted octanol–water partition coefficient (Wildman–Crippen LogP) is 3.23. The van der Waals surface area contributed by atoms with E-state index in [1.54, 1.807) is 6.92 Å². The minimum absolute atomic E-state index is 0.0588. The quantitative estimate of drug-likeness (QED) is 0.927. The highest BCUT2D eigenvalue weighted by Gasteiger charge is 2.11. The Bertz CT molecular complexity index is 589. The van der Waals surface area contributed by atoms with E-state index in [4.69, 9.17) is 4.74 Å². The van der Waals surface area contributed by atoms with Gasteiger partial charge in [0, 0.05) is 6.42 Å². The van der Waals surface area contributed by atoms with Gasteiger partial charge in [0.2, 0.25) is 5.91 Å². The Morgan fingerprint density at radius 3 is 2.30 bits per heavy atom. The third kappa shape index (κ3) is 3.32. The van der Waals surface area contributed by atoms with Crippen LogP contribution in [0.15, 0.2) is 30.3 Å². The summed E-state index contributed by atoms with van der Waals surface area (Å²) in [7, 11) is 0. The smallest absolute Gasteiger partial charge is 0.322 e. The minimum atomic E-state index is -0.0588. The molecule has 2 aromatic rings. The maximum absolute atomic E-state index is 11.5. The minimum Gasteiger partial charge on any atom is -0.424 e. The first-order valence-electron chi connectivity index (χ1n) is 6.48. The third-order valence-electron chi connectivity index (χ3n) is 2.79. The molecular weight excluding hydrogens is 254 g/mol. The molecule has 0 radical (unpaired) electrons. The number of carbonyl (C=O) groups is 1. The molecule has 0 aliphatic rings. The maximum atomic E-state index is 11.5. The van der Waals surface area contributed by atoms with Gasteiger partial charge >= 0.3 is 6.01 Å². The number of carbonyl (C=O) groups excluding carboxylic acids is 1. The van der Waals surface area contributed by atoms with Gasteiger partial charge in [0.25, 0.3) is 0 Å². The molecule has 2 rings (SSSR count). The number of ether oxygens (including phenoxy) is 1. The summed E-state index contributed by atoms with van der Waals surface area (Å²) >= 11 is 0. The molecule has 1 N–H and O–H groups in total. The van der Waals surface area contributed by atoms with Crippen molar-refractivity contribution < 1.29 is 9.53 Å². The molecule has 0 spiro atoms. The largest absolute Gasteiger partial charge is 0.424 e. The average molecular weight is 271 g/mol. The maximum Gasteiger partial charge on any atom is 0.322 e. The fraction of sp³-hybridized carbons (Fsp3) is 0.267. The summed E-state index contributed by atoms with van der Waals surface area (Å²) in [6.07, 6.45) is 0.418. The van der Waals surface area contributed by atoms with E-state index in [9.17, 15) is 4.79 Å². The first-order chi connectivity index (χ1) is 9.60. The number of aromatic nitrogens is 2. The summed E-state index contributed by atoms with van der Waals surface area (Å²) in [5.74, 6) is 0.619. The normalized spacial score (nSPS) is 10.2. The molecule has 0 aliphatic carbocycles. The van der Waals surface area contributed by atoms with Gasteiger partial charge in [0.15, 0.2) is 0 Å². The van der Waals surface area contributed by atoms with Crippen LogP contribution in [0.2, 0.25) is 0 Å². The van der Waals surface area contributed by atoms with Crippen molar-refractivity contribution in [3.63, 3.8) is 0 Å². The number of nitrogens with zero attached hydrogens (tertiary/aromatic N) is 2. The van der Waals surface area contributed by atoms with Crippen molar-refractivity contribution in [1.29, 1.82) is 0 Å². The molecule has 0 atom stereocenters. The van der Waals surface area contributed by atoms with E-state index >= 15 is 0 Å². The molecule has 1 heterocycles. The highest BCUT2D eigenvalue weighted by atomic mass is 16.5. The van der Waals surface area contributed by atoms with E-state index in [2.05, 4.69) is 15.3 Å². The van der Waals surface area contributed by atoms with E-state index < -0.39 is 0 Å². The Morgan fingerprint density at radius 1 is 1.15 bits per heavy atom. The van der Waals surface area contributed by atoms with E-state index in [-0.39, 0.29) is 11.9 Å². The van der Waals surface area contributed by atoms with Crippen molar-refractivity contribution in [2.75, 3.05) is 5.32 Å². The molecule has 1 amide bonds. The number of para-hydroxylation sites is 1. The molecule has 0 saturated heterocycles. The van der Waals surface area contributed by atoms with Gasteiger partial charge in [-0.1, -0.05) is 25.1 Å². The van der Waals surface area contributed by atoms with Crippen LogP contribution in [-0.4, -0.2) is 15.9 Å². The number of anilines is 1. The van der Waals surface area contributed by atoms with Crippen molar-refractivity contribution >= 4 is 11.6 Å². The standard InChI is InChI=1S/C15H17N3O2/c1-4-13(19)18-14-10(2)16-15(17-11(14)3)20-12-8-6-5-7-9-12/h5-9H,4H2,1-3H3,(H,18,19). The lowest BCUT2D eigenvalue weighted by atomic mass is 10.2. The number of benzene rings is 1. The Morgan fingerprint density at radius 2 is 1.75 bits per heavy atom. The molecule has 1 aromatic carbocycles. The van der Waals surface area contributed by atoms with Crippen LogP contribution in [0, 0.1) is 13.8 Å². The van der Waals surface area contributed by atoms with Crippen LogP contribution >= 0.6 is 0 Å². The SMILES string of the molecule is CCC(=O)Nc1c(C)nc(Oc2ccccc2)nc1C. The summed E-state index contributed by atoms with van der Waals surface area (Å²) in [4.78, 5) is 20.0. The van der Waals surface area contributed by atoms with E-state index in [0.29, 0.717) is 29.2 Å². The Labute approximate surface area is 118 Å². The number of hydrogen-bond donors (Lipinski definition) is 1. The van der Waals surface area contributed by atoms with Crippen LogP contribution < -0.4 is 10.1 Å². The van der Waals surface area contributed by atoms with Crippen molar-refractivity contribution in [2.24, 2.45) is 0 Å². The average Bonchev–Trinajstić information content (AvgIpc) is 2.43. The number of aryl methyl sites for hydroxylation is 2. The van der Waals surface area contributed by atoms with Gasteiger partial charge in [-0.15, -0.1) is 0 Å². The summed E-state index contributed by atoms with van der Waals surface area (Å²) in [5, 5.41) is 2.80. The number of amides is 1. The van der Waals surface area contributed by atoms with Crippen LogP contribution in [0.1, 0.15) is 24.7 Å². The van der Waals surface area contributed by atoms with Crippen LogP contribution in [0.25, 0.3) is 0 Å². The fourth-order valence-corrected chi connectivity index (χ4v) is 1.73. The van der Waals surface area contributed by atoms with Crippen molar-refractivity contribution in [2.45, 2.75) is 27.2 Å². The first kappa shape index (κ1) is 14.0. The van der Waals surface area contributed by atoms with Gasteiger partial charge in [-0.25, -0.2) is 0 Å². The summed E-state index contributed by atoms with van der Waals surface area (Å²) in [6.45, 7) is 5.43. The van der Waals surface area contributed by atoms with Gasteiger partial charge in [-0.3, -0.25) is 4.79 Å². The lowest BCUT2D eigenvalue weighted by molar-refractivity contribution is -0.115. The number of hydrogen-bond acceptors (Lipinski definition) is 4. The van der Waals surface area contributed by atoms with Gasteiger partial charge in [0.05, 0.1) is 17.1 Å². The molecular formula is C15H17N3O2. The van der Waals surface area contributed by atoms with Crippen molar-refractivity contribution in [3.05, 3.63) is 41.7 Å². The van der Waals surface area contributed by atoms with Gasteiger partial charge in [-0.2, -0.15) is 9.97 Å². The molecule has 1 aromatic heterocycles. The fourth-order valence-electron chi connectivity index (χ4n) is 1.73. The first-order valence-corrected chi connectivity index (χ1v) is 6.48. The van der Waals surface area contributed by atoms with E-state index in [0.717, 1.165) is 0 Å².